The summed E-state index contributed by atoms with van der Waals surface area (Å²) < 4.78 is 24.9. The number of nitrogens with zero attached hydrogens (tertiary/aromatic N) is 16. The summed E-state index contributed by atoms with van der Waals surface area (Å²) in [6.45, 7) is 12.9. The van der Waals surface area contributed by atoms with Gasteiger partial charge in [0.25, 0.3) is 17.7 Å². The summed E-state index contributed by atoms with van der Waals surface area (Å²) in [5.41, 5.74) is 12.3. The third-order valence-electron chi connectivity index (χ3n) is 15.8. The number of aromatic nitrogens is 11. The first-order chi connectivity index (χ1) is 50.7. The number of nitrogens with two attached hydrogens (primary N) is 1. The van der Waals surface area contributed by atoms with E-state index < -0.39 is 5.97 Å². The van der Waals surface area contributed by atoms with Gasteiger partial charge in [0, 0.05) is 107 Å². The molecular weight excluding hydrogens is 1460 g/mol. The number of halogens is 2. The number of pyridine rings is 3. The summed E-state index contributed by atoms with van der Waals surface area (Å²) in [5.74, 6) is 7.62. The van der Waals surface area contributed by atoms with Crippen LogP contribution in [0.4, 0.5) is 52.2 Å². The monoisotopic (exact) mass is 1520 g/mol. The molecule has 534 valence electrons. The number of carboxylic acids is 1. The molecule has 1 aromatic carbocycles. The van der Waals surface area contributed by atoms with Gasteiger partial charge in [0.2, 0.25) is 22.5 Å². The molecule has 0 bridgehead atoms. The van der Waals surface area contributed by atoms with Gasteiger partial charge in [0.05, 0.1) is 115 Å². The van der Waals surface area contributed by atoms with E-state index in [0.717, 1.165) is 73.6 Å². The second-order valence-electron chi connectivity index (χ2n) is 22.9. The van der Waals surface area contributed by atoms with Gasteiger partial charge in [-0.25, -0.2) is 36.0 Å². The van der Waals surface area contributed by atoms with Crippen LogP contribution in [0.5, 0.6) is 0 Å². The molecule has 0 radical (unpaired) electrons. The van der Waals surface area contributed by atoms with Crippen molar-refractivity contribution in [3.8, 4) is 0 Å². The van der Waals surface area contributed by atoms with E-state index in [9.17, 15) is 19.2 Å². The molecular formula is C67H64Cl2N22O9S4. The molecule has 4 aliphatic rings. The van der Waals surface area contributed by atoms with E-state index in [1.54, 1.807) is 98.0 Å². The smallest absolute Gasteiger partial charge is 0.345 e. The Bertz CT molecular complexity index is 5040. The van der Waals surface area contributed by atoms with Crippen molar-refractivity contribution >= 4 is 192 Å². The highest BCUT2D eigenvalue weighted by Crippen LogP contribution is 2.38. The van der Waals surface area contributed by atoms with Gasteiger partial charge in [-0.1, -0.05) is 29.8 Å². The molecule has 4 saturated heterocycles. The van der Waals surface area contributed by atoms with E-state index in [2.05, 4.69) is 96.4 Å². The number of aromatic carboxylic acids is 1. The van der Waals surface area contributed by atoms with Gasteiger partial charge in [-0.15, -0.1) is 45.3 Å². The van der Waals surface area contributed by atoms with Crippen molar-refractivity contribution in [3.05, 3.63) is 163 Å². The molecule has 15 heterocycles. The molecule has 0 spiro atoms. The second-order valence-corrected chi connectivity index (χ2v) is 27.8. The third-order valence-corrected chi connectivity index (χ3v) is 20.7. The average molecular weight is 1520 g/mol. The molecule has 104 heavy (non-hydrogen) atoms. The van der Waals surface area contributed by atoms with Crippen LogP contribution in [-0.4, -0.2) is 195 Å². The molecule has 8 N–H and O–H groups in total. The van der Waals surface area contributed by atoms with Crippen LogP contribution in [0.15, 0.2) is 127 Å². The van der Waals surface area contributed by atoms with Crippen molar-refractivity contribution in [2.45, 2.75) is 6.92 Å². The number of carbonyl (C=O) groups excluding carboxylic acids is 3. The molecule has 12 aromatic rings. The Kier molecular flexibility index (Phi) is 23.7. The van der Waals surface area contributed by atoms with Crippen LogP contribution in [0.25, 0.3) is 40.9 Å². The molecule has 0 atom stereocenters. The minimum absolute atomic E-state index is 0.128. The number of ether oxygens (including phenoxy) is 4. The standard InChI is InChI=1S/C24H23N7O2S.C16H14ClN5O2S.C16H17N7O2S.C11H10ClN3O3S/c1-16-3-2-4-17(13-16)15-26-30-24-28-19-14-20(23(32)27-18-5-7-25-8-6-18)34-21(19)22(29-24)31-9-11-33-12-10-31;17-16-20-11-9-12(15(23)19-10-1-3-18-4-2-10)25-13(11)14(21-16)22-5-7-24-8-6-22;17-22-16-20-11-9-12(15(24)19-10-1-3-18-4-2-10)26-13(11)14(21-16)23-5-7-25-8-6-23;12-11-13-6-5-7(10(16)17)19-8(6)9(14-11)15-1-3-18-4-2-15/h2-8,13-15H,9-12H2,1H3,(H,25,27,32)(H,28,29,30);1-4,9H,5-8H2,(H,18,19,23);1-4,9H,5-8,17H2,(H,18,19,24)(H,20,21,22);5H,1-4H2,(H,16,17)/b26-15+;;;. The zero-order valence-electron chi connectivity index (χ0n) is 55.3. The molecule has 0 saturated carbocycles. The van der Waals surface area contributed by atoms with Crippen molar-refractivity contribution in [3.63, 3.8) is 0 Å². The Balaban J connectivity index is 0.000000126. The summed E-state index contributed by atoms with van der Waals surface area (Å²) in [6.07, 6.45) is 11.5. The number of anilines is 9. The SMILES string of the molecule is Cc1cccc(/C=N/Nc2nc(N3CCOCC3)c3sc(C(=O)Nc4ccncc4)cc3n2)c1.NNc1nc(N2CCOCC2)c2sc(C(=O)Nc3ccncc3)cc2n1.O=C(Nc1ccncc1)c1cc2nc(Cl)nc(N3CCOCC3)c2s1.O=C(O)c1cc2nc(Cl)nc(N3CCOCC3)c2s1. The van der Waals surface area contributed by atoms with Gasteiger partial charge in [-0.3, -0.25) is 34.8 Å². The van der Waals surface area contributed by atoms with Crippen LogP contribution in [0.1, 0.15) is 49.8 Å². The maximum atomic E-state index is 12.9. The first-order valence-corrected chi connectivity index (χ1v) is 36.4. The number of rotatable bonds is 15. The Labute approximate surface area is 618 Å². The van der Waals surface area contributed by atoms with Crippen molar-refractivity contribution in [2.24, 2.45) is 10.9 Å². The largest absolute Gasteiger partial charge is 0.477 e. The molecule has 4 fully saturated rings. The van der Waals surface area contributed by atoms with Gasteiger partial charge in [-0.05, 0) is 96.4 Å². The minimum Gasteiger partial charge on any atom is -0.477 e. The average Bonchev–Trinajstić information content (AvgIpc) is 1.63. The van der Waals surface area contributed by atoms with E-state index >= 15 is 0 Å². The number of hydrogen-bond donors (Lipinski definition) is 7. The number of nitrogens with one attached hydrogen (secondary N) is 5. The highest BCUT2D eigenvalue weighted by atomic mass is 35.5. The highest BCUT2D eigenvalue weighted by molar-refractivity contribution is 7.22. The molecule has 37 heteroatoms. The Morgan fingerprint density at radius 3 is 1.16 bits per heavy atom. The zero-order valence-corrected chi connectivity index (χ0v) is 60.1. The van der Waals surface area contributed by atoms with Gasteiger partial charge in [-0.2, -0.15) is 25.0 Å². The van der Waals surface area contributed by atoms with Crippen LogP contribution in [0.2, 0.25) is 10.6 Å². The van der Waals surface area contributed by atoms with E-state index in [1.807, 2.05) is 36.1 Å². The molecule has 4 aliphatic heterocycles. The zero-order chi connectivity index (χ0) is 71.9. The molecule has 16 rings (SSSR count). The maximum absolute atomic E-state index is 12.9. The lowest BCUT2D eigenvalue weighted by Gasteiger charge is -2.28. The second kappa shape index (κ2) is 34.2. The van der Waals surface area contributed by atoms with E-state index in [4.69, 9.17) is 58.1 Å². The Morgan fingerprint density at radius 1 is 0.462 bits per heavy atom. The van der Waals surface area contributed by atoms with Gasteiger partial charge in [0.1, 0.15) is 4.88 Å². The number of aryl methyl sites for hydroxylation is 1. The van der Waals surface area contributed by atoms with Crippen LogP contribution >= 0.6 is 68.5 Å². The number of hydrazone groups is 1. The van der Waals surface area contributed by atoms with Gasteiger partial charge < -0.3 is 59.6 Å². The number of thiophene rings is 4. The van der Waals surface area contributed by atoms with Crippen molar-refractivity contribution in [1.29, 1.82) is 0 Å². The number of fused-ring (bicyclic) bond motifs is 4. The van der Waals surface area contributed by atoms with Crippen LogP contribution in [0.3, 0.4) is 0 Å². The van der Waals surface area contributed by atoms with Crippen molar-refractivity contribution < 1.29 is 43.2 Å². The number of carboxylic acid groups (broad SMARTS) is 1. The number of amides is 3. The number of nitrogen functional groups attached to an aromatic ring is 1. The highest BCUT2D eigenvalue weighted by Gasteiger charge is 2.26. The molecule has 0 aliphatic carbocycles. The fourth-order valence-electron chi connectivity index (χ4n) is 10.9. The fourth-order valence-corrected chi connectivity index (χ4v) is 15.2. The van der Waals surface area contributed by atoms with Gasteiger partial charge >= 0.3 is 5.97 Å². The van der Waals surface area contributed by atoms with Crippen molar-refractivity contribution in [2.75, 3.05) is 152 Å². The third kappa shape index (κ3) is 18.1. The van der Waals surface area contributed by atoms with Gasteiger partial charge in [0.15, 0.2) is 23.3 Å². The first-order valence-electron chi connectivity index (χ1n) is 32.3. The minimum atomic E-state index is -0.966. The molecule has 11 aromatic heterocycles. The summed E-state index contributed by atoms with van der Waals surface area (Å²) in [5, 5.41) is 22.3. The predicted octanol–water partition coefficient (Wildman–Crippen LogP) is 10.1. The number of benzene rings is 1. The molecule has 3 amide bonds. The van der Waals surface area contributed by atoms with Crippen LogP contribution in [0, 0.1) is 6.92 Å². The van der Waals surface area contributed by atoms with Crippen LogP contribution in [-0.2, 0) is 18.9 Å². The maximum Gasteiger partial charge on any atom is 0.345 e. The number of hydrogen-bond acceptors (Lipinski definition) is 31. The Morgan fingerprint density at radius 2 is 0.798 bits per heavy atom. The number of carbonyl (C=O) groups is 4. The van der Waals surface area contributed by atoms with E-state index in [0.29, 0.717) is 151 Å². The van der Waals surface area contributed by atoms with Crippen LogP contribution < -0.4 is 52.2 Å². The van der Waals surface area contributed by atoms with E-state index in [-0.39, 0.29) is 33.2 Å². The lowest BCUT2D eigenvalue weighted by atomic mass is 10.2. The lowest BCUT2D eigenvalue weighted by molar-refractivity contribution is 0.0701. The quantitative estimate of drug-likeness (QED) is 0.0217. The Hall–Kier alpha value is -10.4. The number of morpholine rings is 4. The number of hydrazine groups is 1. The van der Waals surface area contributed by atoms with E-state index in [1.165, 1.54) is 51.4 Å². The summed E-state index contributed by atoms with van der Waals surface area (Å²) in [4.78, 5) is 106. The summed E-state index contributed by atoms with van der Waals surface area (Å²) >= 11 is 17.3. The lowest BCUT2D eigenvalue weighted by Crippen LogP contribution is -2.37. The topological polar surface area (TPSA) is 379 Å². The summed E-state index contributed by atoms with van der Waals surface area (Å²) in [7, 11) is 0. The fraction of sp³-hybridized carbons (Fsp3) is 0.254. The molecule has 31 nitrogen and oxygen atoms in total. The predicted molar refractivity (Wildman–Crippen MR) is 406 cm³/mol. The first kappa shape index (κ1) is 71.9. The normalized spacial score (nSPS) is 14.6. The summed E-state index contributed by atoms with van der Waals surface area (Å²) in [6, 6.07) is 25.3. The molecule has 0 unspecified atom stereocenters. The van der Waals surface area contributed by atoms with Crippen molar-refractivity contribution in [1.82, 2.24) is 54.8 Å².